The van der Waals surface area contributed by atoms with E-state index in [9.17, 15) is 0 Å². The van der Waals surface area contributed by atoms with Gasteiger partial charge in [-0.1, -0.05) is 46.0 Å². The summed E-state index contributed by atoms with van der Waals surface area (Å²) in [6, 6.07) is 0. The fraction of sp³-hybridized carbons (Fsp3) is 1.00. The first-order chi connectivity index (χ1) is 5.73. The SMILES string of the molecule is CCC1(C)CC2CCCCC2C1. The first-order valence-electron chi connectivity index (χ1n) is 5.73. The van der Waals surface area contributed by atoms with Crippen LogP contribution in [0, 0.1) is 17.3 Å². The molecule has 2 aliphatic carbocycles. The molecule has 12 heavy (non-hydrogen) atoms. The molecule has 70 valence electrons. The Labute approximate surface area is 76.7 Å². The molecule has 0 amide bonds. The molecule has 2 aliphatic rings. The summed E-state index contributed by atoms with van der Waals surface area (Å²) in [5.74, 6) is 2.23. The molecule has 0 spiro atoms. The fourth-order valence-corrected chi connectivity index (χ4v) is 3.46. The maximum absolute atomic E-state index is 2.51. The molecule has 0 aliphatic heterocycles. The minimum atomic E-state index is 0.722. The van der Waals surface area contributed by atoms with E-state index < -0.39 is 0 Å². The summed E-state index contributed by atoms with van der Waals surface area (Å²) in [7, 11) is 0. The Morgan fingerprint density at radius 1 is 1.08 bits per heavy atom. The van der Waals surface area contributed by atoms with Crippen LogP contribution < -0.4 is 0 Å². The van der Waals surface area contributed by atoms with Gasteiger partial charge in [-0.05, 0) is 30.1 Å². The normalized spacial score (nSPS) is 47.5. The van der Waals surface area contributed by atoms with Crippen LogP contribution in [0.5, 0.6) is 0 Å². The maximum atomic E-state index is 2.51. The minimum absolute atomic E-state index is 0.722. The van der Waals surface area contributed by atoms with Crippen LogP contribution in [-0.4, -0.2) is 0 Å². The Bertz CT molecular complexity index is 145. The zero-order valence-corrected chi connectivity index (χ0v) is 8.60. The smallest absolute Gasteiger partial charge is 0.0323 e. The van der Waals surface area contributed by atoms with Gasteiger partial charge in [0, 0.05) is 0 Å². The van der Waals surface area contributed by atoms with E-state index in [1.807, 2.05) is 0 Å². The molecule has 0 nitrogen and oxygen atoms in total. The van der Waals surface area contributed by atoms with Gasteiger partial charge in [0.25, 0.3) is 0 Å². The molecule has 0 aromatic heterocycles. The monoisotopic (exact) mass is 166 g/mol. The first kappa shape index (κ1) is 8.59. The lowest BCUT2D eigenvalue weighted by molar-refractivity contribution is 0.277. The van der Waals surface area contributed by atoms with Crippen LogP contribution in [0.2, 0.25) is 0 Å². The highest BCUT2D eigenvalue weighted by atomic mass is 14.5. The first-order valence-corrected chi connectivity index (χ1v) is 5.73. The van der Waals surface area contributed by atoms with Crippen LogP contribution in [-0.2, 0) is 0 Å². The molecule has 0 heterocycles. The number of rotatable bonds is 1. The highest BCUT2D eigenvalue weighted by Crippen LogP contribution is 2.52. The van der Waals surface area contributed by atoms with Gasteiger partial charge in [0.2, 0.25) is 0 Å². The highest BCUT2D eigenvalue weighted by Gasteiger charge is 2.41. The van der Waals surface area contributed by atoms with Crippen LogP contribution in [0.15, 0.2) is 0 Å². The van der Waals surface area contributed by atoms with Crippen molar-refractivity contribution in [2.24, 2.45) is 17.3 Å². The second kappa shape index (κ2) is 3.05. The lowest BCUT2D eigenvalue weighted by atomic mass is 9.82. The quantitative estimate of drug-likeness (QED) is 0.552. The minimum Gasteiger partial charge on any atom is -0.0649 e. The van der Waals surface area contributed by atoms with Crippen LogP contribution in [0.25, 0.3) is 0 Å². The third kappa shape index (κ3) is 1.41. The molecule has 2 rings (SSSR count). The lowest BCUT2D eigenvalue weighted by Crippen LogP contribution is -2.12. The largest absolute Gasteiger partial charge is 0.0649 e. The second-order valence-corrected chi connectivity index (χ2v) is 5.38. The Morgan fingerprint density at radius 2 is 1.58 bits per heavy atom. The van der Waals surface area contributed by atoms with Crippen LogP contribution in [0.4, 0.5) is 0 Å². The van der Waals surface area contributed by atoms with Crippen molar-refractivity contribution >= 4 is 0 Å². The highest BCUT2D eigenvalue weighted by molar-refractivity contribution is 4.92. The van der Waals surface area contributed by atoms with Crippen molar-refractivity contribution in [3.63, 3.8) is 0 Å². The predicted molar refractivity (Wildman–Crippen MR) is 53.1 cm³/mol. The molecule has 0 saturated heterocycles. The topological polar surface area (TPSA) is 0 Å². The van der Waals surface area contributed by atoms with Gasteiger partial charge in [0.15, 0.2) is 0 Å². The van der Waals surface area contributed by atoms with Crippen molar-refractivity contribution in [2.45, 2.75) is 58.8 Å². The molecule has 0 heteroatoms. The number of hydrogen-bond donors (Lipinski definition) is 0. The fourth-order valence-electron chi connectivity index (χ4n) is 3.46. The van der Waals surface area contributed by atoms with Gasteiger partial charge in [0.1, 0.15) is 0 Å². The summed E-state index contributed by atoms with van der Waals surface area (Å²) in [6.45, 7) is 4.88. The third-order valence-corrected chi connectivity index (χ3v) is 4.43. The number of hydrogen-bond acceptors (Lipinski definition) is 0. The van der Waals surface area contributed by atoms with E-state index in [4.69, 9.17) is 0 Å². The van der Waals surface area contributed by atoms with E-state index >= 15 is 0 Å². The Hall–Kier alpha value is 0. The van der Waals surface area contributed by atoms with Gasteiger partial charge >= 0.3 is 0 Å². The van der Waals surface area contributed by atoms with Gasteiger partial charge < -0.3 is 0 Å². The second-order valence-electron chi connectivity index (χ2n) is 5.38. The average Bonchev–Trinajstić information content (AvgIpc) is 2.42. The molecular formula is C12H22. The van der Waals surface area contributed by atoms with E-state index in [0.717, 1.165) is 17.3 Å². The summed E-state index contributed by atoms with van der Waals surface area (Å²) < 4.78 is 0. The predicted octanol–water partition coefficient (Wildman–Crippen LogP) is 4.00. The van der Waals surface area contributed by atoms with E-state index in [2.05, 4.69) is 13.8 Å². The van der Waals surface area contributed by atoms with Crippen molar-refractivity contribution in [2.75, 3.05) is 0 Å². The van der Waals surface area contributed by atoms with E-state index in [0.29, 0.717) is 0 Å². The molecule has 0 N–H and O–H groups in total. The van der Waals surface area contributed by atoms with Gasteiger partial charge in [0.05, 0.1) is 0 Å². The standard InChI is InChI=1S/C12H22/c1-3-12(2)8-10-6-4-5-7-11(10)9-12/h10-11H,3-9H2,1-2H3. The van der Waals surface area contributed by atoms with E-state index in [1.165, 1.54) is 32.1 Å². The molecule has 2 atom stereocenters. The van der Waals surface area contributed by atoms with E-state index in [-0.39, 0.29) is 0 Å². The zero-order valence-electron chi connectivity index (χ0n) is 8.60. The maximum Gasteiger partial charge on any atom is -0.0323 e. The van der Waals surface area contributed by atoms with Crippen LogP contribution in [0.1, 0.15) is 58.8 Å². The summed E-state index contributed by atoms with van der Waals surface area (Å²) in [5, 5.41) is 0. The van der Waals surface area contributed by atoms with E-state index in [1.54, 1.807) is 12.8 Å². The van der Waals surface area contributed by atoms with Crippen molar-refractivity contribution in [3.8, 4) is 0 Å². The van der Waals surface area contributed by atoms with Gasteiger partial charge in [-0.15, -0.1) is 0 Å². The molecule has 0 bridgehead atoms. The van der Waals surface area contributed by atoms with Crippen LogP contribution >= 0.6 is 0 Å². The average molecular weight is 166 g/mol. The molecule has 2 saturated carbocycles. The summed E-state index contributed by atoms with van der Waals surface area (Å²) in [5.41, 5.74) is 0.722. The van der Waals surface area contributed by atoms with Crippen molar-refractivity contribution in [1.82, 2.24) is 0 Å². The lowest BCUT2D eigenvalue weighted by Gasteiger charge is -2.24. The van der Waals surface area contributed by atoms with Crippen molar-refractivity contribution in [3.05, 3.63) is 0 Å². The number of fused-ring (bicyclic) bond motifs is 1. The third-order valence-electron chi connectivity index (χ3n) is 4.43. The Kier molecular flexibility index (Phi) is 2.18. The zero-order chi connectivity index (χ0) is 8.60. The summed E-state index contributed by atoms with van der Waals surface area (Å²) in [6.07, 6.45) is 10.6. The van der Waals surface area contributed by atoms with Gasteiger partial charge in [-0.2, -0.15) is 0 Å². The summed E-state index contributed by atoms with van der Waals surface area (Å²) in [4.78, 5) is 0. The van der Waals surface area contributed by atoms with Crippen LogP contribution in [0.3, 0.4) is 0 Å². The molecule has 2 fully saturated rings. The molecule has 2 unspecified atom stereocenters. The molecule has 0 aromatic rings. The van der Waals surface area contributed by atoms with Crippen molar-refractivity contribution in [1.29, 1.82) is 0 Å². The molecule has 0 radical (unpaired) electrons. The van der Waals surface area contributed by atoms with Crippen molar-refractivity contribution < 1.29 is 0 Å². The molecule has 0 aromatic carbocycles. The Balaban J connectivity index is 2.02. The van der Waals surface area contributed by atoms with Gasteiger partial charge in [-0.25, -0.2) is 0 Å². The summed E-state index contributed by atoms with van der Waals surface area (Å²) >= 11 is 0. The van der Waals surface area contributed by atoms with Gasteiger partial charge in [-0.3, -0.25) is 0 Å². The molecular weight excluding hydrogens is 144 g/mol. The Morgan fingerprint density at radius 3 is 2.00 bits per heavy atom.